The van der Waals surface area contributed by atoms with Gasteiger partial charge in [-0.2, -0.15) is 0 Å². The minimum Gasteiger partial charge on any atom is -0.466 e. The molecule has 0 unspecified atom stereocenters. The van der Waals surface area contributed by atoms with Gasteiger partial charge in [-0.25, -0.2) is 4.98 Å². The van der Waals surface area contributed by atoms with Gasteiger partial charge in [-0.05, 0) is 19.8 Å². The lowest BCUT2D eigenvalue weighted by atomic mass is 10.3. The highest BCUT2D eigenvalue weighted by Crippen LogP contribution is 2.32. The number of ether oxygens (including phenoxy) is 1. The standard InChI is InChI=1S/C11H15N3O3S/c1-2-17-8(15)5-7-9(12)18-11(13-7)14-10(16)6-3-4-6/h6H,2-5,12H2,1H3,(H,13,14,16). The van der Waals surface area contributed by atoms with E-state index in [1.165, 1.54) is 11.3 Å². The first-order valence-corrected chi connectivity index (χ1v) is 6.63. The van der Waals surface area contributed by atoms with E-state index in [9.17, 15) is 9.59 Å². The number of nitrogens with zero attached hydrogens (tertiary/aromatic N) is 1. The van der Waals surface area contributed by atoms with Gasteiger partial charge in [-0.15, -0.1) is 0 Å². The zero-order chi connectivity index (χ0) is 13.1. The number of hydrogen-bond donors (Lipinski definition) is 2. The Morgan fingerprint density at radius 3 is 2.89 bits per heavy atom. The first-order chi connectivity index (χ1) is 8.60. The van der Waals surface area contributed by atoms with Crippen LogP contribution in [0.5, 0.6) is 0 Å². The fourth-order valence-corrected chi connectivity index (χ4v) is 2.20. The third kappa shape index (κ3) is 3.19. The van der Waals surface area contributed by atoms with Crippen molar-refractivity contribution in [2.45, 2.75) is 26.2 Å². The molecule has 0 atom stereocenters. The van der Waals surface area contributed by atoms with E-state index in [0.717, 1.165) is 12.8 Å². The van der Waals surface area contributed by atoms with Crippen molar-refractivity contribution >= 4 is 33.3 Å². The van der Waals surface area contributed by atoms with Crippen LogP contribution in [0.3, 0.4) is 0 Å². The van der Waals surface area contributed by atoms with E-state index in [4.69, 9.17) is 10.5 Å². The Morgan fingerprint density at radius 2 is 2.28 bits per heavy atom. The maximum Gasteiger partial charge on any atom is 0.311 e. The minimum absolute atomic E-state index is 0.0218. The maximum atomic E-state index is 11.5. The van der Waals surface area contributed by atoms with Crippen molar-refractivity contribution in [1.82, 2.24) is 4.98 Å². The van der Waals surface area contributed by atoms with Crippen molar-refractivity contribution in [2.75, 3.05) is 17.7 Å². The summed E-state index contributed by atoms with van der Waals surface area (Å²) in [5, 5.41) is 3.59. The van der Waals surface area contributed by atoms with Crippen molar-refractivity contribution in [2.24, 2.45) is 5.92 Å². The number of rotatable bonds is 5. The van der Waals surface area contributed by atoms with Crippen LogP contribution in [-0.2, 0) is 20.7 Å². The summed E-state index contributed by atoms with van der Waals surface area (Å²) in [5.41, 5.74) is 6.21. The molecule has 3 N–H and O–H groups in total. The summed E-state index contributed by atoms with van der Waals surface area (Å²) in [5.74, 6) is -0.273. The number of esters is 1. The van der Waals surface area contributed by atoms with Gasteiger partial charge < -0.3 is 15.8 Å². The highest BCUT2D eigenvalue weighted by atomic mass is 32.1. The van der Waals surface area contributed by atoms with Gasteiger partial charge in [-0.3, -0.25) is 9.59 Å². The average Bonchev–Trinajstić information content (AvgIpc) is 3.07. The van der Waals surface area contributed by atoms with E-state index in [1.54, 1.807) is 6.92 Å². The van der Waals surface area contributed by atoms with Crippen LogP contribution < -0.4 is 11.1 Å². The van der Waals surface area contributed by atoms with Gasteiger partial charge in [-0.1, -0.05) is 11.3 Å². The molecule has 1 aromatic heterocycles. The summed E-state index contributed by atoms with van der Waals surface area (Å²) in [4.78, 5) is 27.0. The molecule has 98 valence electrons. The van der Waals surface area contributed by atoms with Crippen LogP contribution in [0.2, 0.25) is 0 Å². The van der Waals surface area contributed by atoms with E-state index < -0.39 is 0 Å². The summed E-state index contributed by atoms with van der Waals surface area (Å²) in [6, 6.07) is 0. The van der Waals surface area contributed by atoms with Gasteiger partial charge in [0, 0.05) is 5.92 Å². The number of carbonyl (C=O) groups is 2. The normalized spacial score (nSPS) is 14.3. The summed E-state index contributed by atoms with van der Waals surface area (Å²) in [6.07, 6.45) is 1.90. The first-order valence-electron chi connectivity index (χ1n) is 5.81. The molecule has 7 heteroatoms. The number of nitrogen functional groups attached to an aromatic ring is 1. The number of nitrogens with two attached hydrogens (primary N) is 1. The second-order valence-electron chi connectivity index (χ2n) is 4.08. The molecule has 0 radical (unpaired) electrons. The van der Waals surface area contributed by atoms with Crippen molar-refractivity contribution in [3.8, 4) is 0 Å². The molecule has 6 nitrogen and oxygen atoms in total. The van der Waals surface area contributed by atoms with E-state index in [0.29, 0.717) is 22.4 Å². The highest BCUT2D eigenvalue weighted by Gasteiger charge is 2.30. The molecule has 0 spiro atoms. The second kappa shape index (κ2) is 5.34. The average molecular weight is 269 g/mol. The summed E-state index contributed by atoms with van der Waals surface area (Å²) < 4.78 is 4.82. The van der Waals surface area contributed by atoms with Crippen molar-refractivity contribution < 1.29 is 14.3 Å². The van der Waals surface area contributed by atoms with E-state index in [2.05, 4.69) is 10.3 Å². The van der Waals surface area contributed by atoms with Gasteiger partial charge in [0.15, 0.2) is 5.13 Å². The Morgan fingerprint density at radius 1 is 1.56 bits per heavy atom. The Balaban J connectivity index is 1.97. The number of nitrogens with one attached hydrogen (secondary N) is 1. The Kier molecular flexibility index (Phi) is 3.81. The van der Waals surface area contributed by atoms with Gasteiger partial charge >= 0.3 is 5.97 Å². The second-order valence-corrected chi connectivity index (χ2v) is 5.11. The smallest absolute Gasteiger partial charge is 0.311 e. The molecular formula is C11H15N3O3S. The van der Waals surface area contributed by atoms with Gasteiger partial charge in [0.2, 0.25) is 5.91 Å². The number of hydrogen-bond acceptors (Lipinski definition) is 6. The van der Waals surface area contributed by atoms with Crippen LogP contribution in [0.4, 0.5) is 10.1 Å². The van der Waals surface area contributed by atoms with Crippen molar-refractivity contribution in [3.05, 3.63) is 5.69 Å². The predicted molar refractivity (Wildman–Crippen MR) is 68.2 cm³/mol. The molecule has 2 rings (SSSR count). The molecule has 1 aliphatic carbocycles. The minimum atomic E-state index is -0.366. The zero-order valence-electron chi connectivity index (χ0n) is 10.1. The summed E-state index contributed by atoms with van der Waals surface area (Å²) in [7, 11) is 0. The number of aromatic nitrogens is 1. The highest BCUT2D eigenvalue weighted by molar-refractivity contribution is 7.19. The van der Waals surface area contributed by atoms with E-state index >= 15 is 0 Å². The van der Waals surface area contributed by atoms with Crippen LogP contribution >= 0.6 is 11.3 Å². The lowest BCUT2D eigenvalue weighted by molar-refractivity contribution is -0.142. The molecule has 1 aliphatic rings. The molecule has 18 heavy (non-hydrogen) atoms. The number of amides is 1. The molecular weight excluding hydrogens is 254 g/mol. The number of anilines is 2. The molecule has 0 aliphatic heterocycles. The zero-order valence-corrected chi connectivity index (χ0v) is 10.9. The van der Waals surface area contributed by atoms with Crippen LogP contribution in [0.1, 0.15) is 25.5 Å². The SMILES string of the molecule is CCOC(=O)Cc1nc(NC(=O)C2CC2)sc1N. The van der Waals surface area contributed by atoms with Crippen molar-refractivity contribution in [1.29, 1.82) is 0 Å². The monoisotopic (exact) mass is 269 g/mol. The van der Waals surface area contributed by atoms with E-state index in [1.807, 2.05) is 0 Å². The molecule has 1 amide bonds. The molecule has 0 aromatic carbocycles. The van der Waals surface area contributed by atoms with Crippen LogP contribution in [-0.4, -0.2) is 23.5 Å². The lowest BCUT2D eigenvalue weighted by Crippen LogP contribution is -2.13. The number of thiazole rings is 1. The molecule has 0 saturated heterocycles. The predicted octanol–water partition coefficient (Wildman–Crippen LogP) is 1.18. The fourth-order valence-electron chi connectivity index (χ4n) is 1.45. The first kappa shape index (κ1) is 12.8. The molecule has 1 fully saturated rings. The van der Waals surface area contributed by atoms with Crippen LogP contribution in [0, 0.1) is 5.92 Å². The van der Waals surface area contributed by atoms with Crippen molar-refractivity contribution in [3.63, 3.8) is 0 Å². The molecule has 1 aromatic rings. The number of carbonyl (C=O) groups excluding carboxylic acids is 2. The molecule has 1 heterocycles. The summed E-state index contributed by atoms with van der Waals surface area (Å²) >= 11 is 1.17. The quantitative estimate of drug-likeness (QED) is 0.783. The van der Waals surface area contributed by atoms with Gasteiger partial charge in [0.25, 0.3) is 0 Å². The van der Waals surface area contributed by atoms with Gasteiger partial charge in [0.05, 0.1) is 18.7 Å². The largest absolute Gasteiger partial charge is 0.466 e. The topological polar surface area (TPSA) is 94.3 Å². The third-order valence-electron chi connectivity index (χ3n) is 2.52. The molecule has 0 bridgehead atoms. The van der Waals surface area contributed by atoms with Crippen LogP contribution in [0.15, 0.2) is 0 Å². The molecule has 1 saturated carbocycles. The lowest BCUT2D eigenvalue weighted by Gasteiger charge is -1.99. The third-order valence-corrected chi connectivity index (χ3v) is 3.37. The van der Waals surface area contributed by atoms with Crippen LogP contribution in [0.25, 0.3) is 0 Å². The summed E-state index contributed by atoms with van der Waals surface area (Å²) in [6.45, 7) is 2.07. The maximum absolute atomic E-state index is 11.5. The Hall–Kier alpha value is -1.63. The van der Waals surface area contributed by atoms with E-state index in [-0.39, 0.29) is 24.2 Å². The Bertz CT molecular complexity index is 468. The van der Waals surface area contributed by atoms with Gasteiger partial charge in [0.1, 0.15) is 5.00 Å². The Labute approximate surface area is 109 Å². The fraction of sp³-hybridized carbons (Fsp3) is 0.545.